The summed E-state index contributed by atoms with van der Waals surface area (Å²) in [6, 6.07) is 0. The SMILES string of the molecule is C=C(/N=C(/C)N(C)C)N/C(C)=C/CC. The zero-order chi connectivity index (χ0) is 11.1. The molecule has 0 aliphatic rings. The molecular weight excluding hydrogens is 174 g/mol. The Hall–Kier alpha value is -1.25. The van der Waals surface area contributed by atoms with E-state index in [1.807, 2.05) is 32.8 Å². The summed E-state index contributed by atoms with van der Waals surface area (Å²) < 4.78 is 0. The van der Waals surface area contributed by atoms with Gasteiger partial charge in [0.1, 0.15) is 11.7 Å². The standard InChI is InChI=1S/C11H21N3/c1-7-8-9(2)12-10(3)13-11(4)14(5)6/h8,12H,3,7H2,1-2,4-6H3/b9-8+,13-11-. The van der Waals surface area contributed by atoms with Crippen LogP contribution in [0.2, 0.25) is 0 Å². The Bertz CT molecular complexity index is 249. The van der Waals surface area contributed by atoms with E-state index in [0.29, 0.717) is 5.82 Å². The van der Waals surface area contributed by atoms with Gasteiger partial charge in [0.05, 0.1) is 0 Å². The lowest BCUT2D eigenvalue weighted by Crippen LogP contribution is -2.20. The Morgan fingerprint density at radius 1 is 1.43 bits per heavy atom. The fraction of sp³-hybridized carbons (Fsp3) is 0.545. The third-order valence-corrected chi connectivity index (χ3v) is 1.80. The number of aliphatic imine (C=N–C) groups is 1. The van der Waals surface area contributed by atoms with Crippen molar-refractivity contribution in [3.63, 3.8) is 0 Å². The van der Waals surface area contributed by atoms with Gasteiger partial charge >= 0.3 is 0 Å². The van der Waals surface area contributed by atoms with Gasteiger partial charge in [-0.2, -0.15) is 0 Å². The lowest BCUT2D eigenvalue weighted by atomic mass is 10.3. The lowest BCUT2D eigenvalue weighted by molar-refractivity contribution is 0.616. The highest BCUT2D eigenvalue weighted by atomic mass is 15.2. The number of amidine groups is 1. The van der Waals surface area contributed by atoms with E-state index in [2.05, 4.69) is 29.9 Å². The van der Waals surface area contributed by atoms with Crippen molar-refractivity contribution in [1.29, 1.82) is 0 Å². The second-order valence-electron chi connectivity index (χ2n) is 3.42. The van der Waals surface area contributed by atoms with E-state index < -0.39 is 0 Å². The van der Waals surface area contributed by atoms with E-state index in [1.165, 1.54) is 0 Å². The predicted molar refractivity (Wildman–Crippen MR) is 63.1 cm³/mol. The molecule has 0 aromatic carbocycles. The first-order valence-corrected chi connectivity index (χ1v) is 4.82. The van der Waals surface area contributed by atoms with Crippen LogP contribution >= 0.6 is 0 Å². The van der Waals surface area contributed by atoms with Gasteiger partial charge in [0.2, 0.25) is 0 Å². The molecule has 0 unspecified atom stereocenters. The van der Waals surface area contributed by atoms with Crippen LogP contribution in [0.15, 0.2) is 29.2 Å². The summed E-state index contributed by atoms with van der Waals surface area (Å²) in [6.07, 6.45) is 3.12. The average Bonchev–Trinajstić information content (AvgIpc) is 2.03. The summed E-state index contributed by atoms with van der Waals surface area (Å²) in [4.78, 5) is 6.24. The van der Waals surface area contributed by atoms with E-state index in [9.17, 15) is 0 Å². The molecule has 0 saturated carbocycles. The van der Waals surface area contributed by atoms with E-state index in [0.717, 1.165) is 18.0 Å². The molecule has 0 radical (unpaired) electrons. The van der Waals surface area contributed by atoms with Gasteiger partial charge in [0, 0.05) is 19.8 Å². The minimum atomic E-state index is 0.679. The minimum Gasteiger partial charge on any atom is -0.366 e. The monoisotopic (exact) mass is 195 g/mol. The summed E-state index contributed by atoms with van der Waals surface area (Å²) >= 11 is 0. The number of nitrogens with one attached hydrogen (secondary N) is 1. The Morgan fingerprint density at radius 2 is 2.00 bits per heavy atom. The molecule has 80 valence electrons. The summed E-state index contributed by atoms with van der Waals surface area (Å²) in [5.41, 5.74) is 1.09. The minimum absolute atomic E-state index is 0.679. The van der Waals surface area contributed by atoms with E-state index in [1.54, 1.807) is 0 Å². The molecule has 0 rings (SSSR count). The Morgan fingerprint density at radius 3 is 2.43 bits per heavy atom. The molecule has 0 aliphatic carbocycles. The molecule has 0 aliphatic heterocycles. The van der Waals surface area contributed by atoms with Crippen molar-refractivity contribution in [3.8, 4) is 0 Å². The van der Waals surface area contributed by atoms with Crippen molar-refractivity contribution < 1.29 is 0 Å². The molecule has 0 heterocycles. The molecular formula is C11H21N3. The normalized spacial score (nSPS) is 12.6. The average molecular weight is 195 g/mol. The number of hydrogen-bond donors (Lipinski definition) is 1. The van der Waals surface area contributed by atoms with Gasteiger partial charge in [-0.1, -0.05) is 19.6 Å². The predicted octanol–water partition coefficient (Wildman–Crippen LogP) is 2.34. The van der Waals surface area contributed by atoms with Gasteiger partial charge in [0.15, 0.2) is 0 Å². The van der Waals surface area contributed by atoms with Crippen LogP contribution in [0.3, 0.4) is 0 Å². The summed E-state index contributed by atoms with van der Waals surface area (Å²) in [5, 5.41) is 3.12. The summed E-state index contributed by atoms with van der Waals surface area (Å²) in [5.74, 6) is 1.62. The van der Waals surface area contributed by atoms with Crippen molar-refractivity contribution in [2.75, 3.05) is 14.1 Å². The molecule has 3 heteroatoms. The van der Waals surface area contributed by atoms with Crippen molar-refractivity contribution in [2.24, 2.45) is 4.99 Å². The van der Waals surface area contributed by atoms with Crippen molar-refractivity contribution in [1.82, 2.24) is 10.2 Å². The van der Waals surface area contributed by atoms with Gasteiger partial charge in [0.25, 0.3) is 0 Å². The largest absolute Gasteiger partial charge is 0.366 e. The summed E-state index contributed by atoms with van der Waals surface area (Å²) in [6.45, 7) is 9.89. The van der Waals surface area contributed by atoms with Gasteiger partial charge in [-0.05, 0) is 20.3 Å². The maximum atomic E-state index is 4.29. The smallest absolute Gasteiger partial charge is 0.124 e. The second-order valence-corrected chi connectivity index (χ2v) is 3.42. The zero-order valence-electron chi connectivity index (χ0n) is 9.89. The highest BCUT2D eigenvalue weighted by Crippen LogP contribution is 1.97. The quantitative estimate of drug-likeness (QED) is 0.551. The molecule has 0 amide bonds. The van der Waals surface area contributed by atoms with Crippen LogP contribution in [-0.4, -0.2) is 24.8 Å². The third-order valence-electron chi connectivity index (χ3n) is 1.80. The molecule has 0 saturated heterocycles. The van der Waals surface area contributed by atoms with Crippen LogP contribution in [0.4, 0.5) is 0 Å². The fourth-order valence-electron chi connectivity index (χ4n) is 0.908. The fourth-order valence-corrected chi connectivity index (χ4v) is 0.908. The molecule has 1 N–H and O–H groups in total. The molecule has 0 atom stereocenters. The topological polar surface area (TPSA) is 27.6 Å². The maximum Gasteiger partial charge on any atom is 0.124 e. The van der Waals surface area contributed by atoms with Gasteiger partial charge in [-0.3, -0.25) is 0 Å². The Labute approximate surface area is 87.2 Å². The Balaban J connectivity index is 4.24. The van der Waals surface area contributed by atoms with Crippen LogP contribution in [0.25, 0.3) is 0 Å². The van der Waals surface area contributed by atoms with Gasteiger partial charge in [-0.15, -0.1) is 0 Å². The molecule has 0 aromatic heterocycles. The van der Waals surface area contributed by atoms with E-state index >= 15 is 0 Å². The van der Waals surface area contributed by atoms with Crippen molar-refractivity contribution >= 4 is 5.84 Å². The highest BCUT2D eigenvalue weighted by Gasteiger charge is 1.95. The van der Waals surface area contributed by atoms with Crippen molar-refractivity contribution in [3.05, 3.63) is 24.2 Å². The summed E-state index contributed by atoms with van der Waals surface area (Å²) in [7, 11) is 3.92. The first-order chi connectivity index (χ1) is 6.47. The molecule has 0 spiro atoms. The number of nitrogens with zero attached hydrogens (tertiary/aromatic N) is 2. The number of hydrogen-bond acceptors (Lipinski definition) is 2. The molecule has 0 aromatic rings. The van der Waals surface area contributed by atoms with Crippen LogP contribution in [0, 0.1) is 0 Å². The second kappa shape index (κ2) is 6.24. The van der Waals surface area contributed by atoms with E-state index in [-0.39, 0.29) is 0 Å². The number of allylic oxidation sites excluding steroid dienone is 2. The molecule has 14 heavy (non-hydrogen) atoms. The lowest BCUT2D eigenvalue weighted by Gasteiger charge is -2.12. The molecule has 0 bridgehead atoms. The van der Waals surface area contributed by atoms with E-state index in [4.69, 9.17) is 0 Å². The number of rotatable bonds is 4. The van der Waals surface area contributed by atoms with Gasteiger partial charge in [-0.25, -0.2) is 4.99 Å². The van der Waals surface area contributed by atoms with Crippen LogP contribution in [-0.2, 0) is 0 Å². The zero-order valence-corrected chi connectivity index (χ0v) is 9.89. The maximum absolute atomic E-state index is 4.29. The highest BCUT2D eigenvalue weighted by molar-refractivity contribution is 5.80. The first kappa shape index (κ1) is 12.8. The van der Waals surface area contributed by atoms with Crippen molar-refractivity contribution in [2.45, 2.75) is 27.2 Å². The molecule has 3 nitrogen and oxygen atoms in total. The van der Waals surface area contributed by atoms with Gasteiger partial charge < -0.3 is 10.2 Å². The molecule has 0 fully saturated rings. The first-order valence-electron chi connectivity index (χ1n) is 4.82. The van der Waals surface area contributed by atoms with Crippen LogP contribution in [0.1, 0.15) is 27.2 Å². The Kier molecular flexibility index (Phi) is 5.68. The third kappa shape index (κ3) is 5.41. The van der Waals surface area contributed by atoms with Crippen LogP contribution < -0.4 is 5.32 Å². The van der Waals surface area contributed by atoms with Crippen LogP contribution in [0.5, 0.6) is 0 Å².